The molecule has 0 unspecified atom stereocenters. The Kier molecular flexibility index (Phi) is 1.77. The number of fused-ring (bicyclic) bond motifs is 1. The predicted octanol–water partition coefficient (Wildman–Crippen LogP) is 1.43. The fourth-order valence-corrected chi connectivity index (χ4v) is 1.33. The van der Waals surface area contributed by atoms with Crippen molar-refractivity contribution in [2.75, 3.05) is 0 Å². The number of hydrogen-bond donors (Lipinski definition) is 0. The van der Waals surface area contributed by atoms with Crippen molar-refractivity contribution in [3.8, 4) is 0 Å². The second-order valence-corrected chi connectivity index (χ2v) is 3.08. The summed E-state index contributed by atoms with van der Waals surface area (Å²) in [6.45, 7) is 0. The van der Waals surface area contributed by atoms with Crippen LogP contribution in [-0.4, -0.2) is 20.8 Å². The van der Waals surface area contributed by atoms with Crippen LogP contribution >= 0.6 is 11.6 Å². The molecule has 0 aliphatic rings. The SMILES string of the molecule is Cn1c(C=O)nc2cc(Cl)cnc21. The summed E-state index contributed by atoms with van der Waals surface area (Å²) in [6.07, 6.45) is 2.22. The largest absolute Gasteiger partial charge is 0.310 e. The maximum atomic E-state index is 10.5. The summed E-state index contributed by atoms with van der Waals surface area (Å²) in [5, 5.41) is 0.517. The lowest BCUT2D eigenvalue weighted by atomic mass is 10.4. The smallest absolute Gasteiger partial charge is 0.185 e. The van der Waals surface area contributed by atoms with Crippen LogP contribution in [0.3, 0.4) is 0 Å². The van der Waals surface area contributed by atoms with Gasteiger partial charge in [-0.1, -0.05) is 11.6 Å². The van der Waals surface area contributed by atoms with Crippen LogP contribution in [0.2, 0.25) is 5.02 Å². The first-order valence-corrected chi connectivity index (χ1v) is 4.03. The lowest BCUT2D eigenvalue weighted by molar-refractivity contribution is 0.111. The number of hydrogen-bond acceptors (Lipinski definition) is 3. The monoisotopic (exact) mass is 195 g/mol. The molecule has 0 aliphatic carbocycles. The van der Waals surface area contributed by atoms with Crippen LogP contribution in [0.15, 0.2) is 12.3 Å². The van der Waals surface area contributed by atoms with Crippen molar-refractivity contribution in [3.05, 3.63) is 23.1 Å². The number of rotatable bonds is 1. The van der Waals surface area contributed by atoms with Crippen LogP contribution in [0, 0.1) is 0 Å². The van der Waals surface area contributed by atoms with Gasteiger partial charge in [-0.3, -0.25) is 4.79 Å². The molecule has 0 aliphatic heterocycles. The number of pyridine rings is 1. The van der Waals surface area contributed by atoms with Gasteiger partial charge in [0.15, 0.2) is 17.8 Å². The molecule has 5 heteroatoms. The molecular formula is C8H6ClN3O. The molecule has 2 heterocycles. The van der Waals surface area contributed by atoms with E-state index in [2.05, 4.69) is 9.97 Å². The van der Waals surface area contributed by atoms with Gasteiger partial charge in [0, 0.05) is 13.2 Å². The number of aryl methyl sites for hydroxylation is 1. The van der Waals surface area contributed by atoms with Crippen LogP contribution < -0.4 is 0 Å². The molecule has 2 aromatic rings. The van der Waals surface area contributed by atoms with Crippen molar-refractivity contribution in [2.45, 2.75) is 0 Å². The summed E-state index contributed by atoms with van der Waals surface area (Å²) in [7, 11) is 1.74. The zero-order valence-corrected chi connectivity index (χ0v) is 7.62. The van der Waals surface area contributed by atoms with Crippen molar-refractivity contribution < 1.29 is 4.79 Å². The van der Waals surface area contributed by atoms with Gasteiger partial charge in [0.2, 0.25) is 0 Å². The molecule has 0 saturated heterocycles. The van der Waals surface area contributed by atoms with Crippen LogP contribution in [0.1, 0.15) is 10.6 Å². The molecule has 2 aromatic heterocycles. The molecule has 4 nitrogen and oxygen atoms in total. The van der Waals surface area contributed by atoms with Crippen molar-refractivity contribution in [1.29, 1.82) is 0 Å². The first-order valence-electron chi connectivity index (χ1n) is 3.65. The molecule has 0 amide bonds. The van der Waals surface area contributed by atoms with Gasteiger partial charge in [0.25, 0.3) is 0 Å². The van der Waals surface area contributed by atoms with E-state index in [-0.39, 0.29) is 0 Å². The molecule has 0 aromatic carbocycles. The number of imidazole rings is 1. The number of nitrogens with zero attached hydrogens (tertiary/aromatic N) is 3. The number of carbonyl (C=O) groups excluding carboxylic acids is 1. The summed E-state index contributed by atoms with van der Waals surface area (Å²) in [5.74, 6) is 0.352. The van der Waals surface area contributed by atoms with E-state index < -0.39 is 0 Å². The van der Waals surface area contributed by atoms with Crippen molar-refractivity contribution >= 4 is 29.1 Å². The van der Waals surface area contributed by atoms with E-state index >= 15 is 0 Å². The maximum Gasteiger partial charge on any atom is 0.185 e. The first-order chi connectivity index (χ1) is 6.22. The van der Waals surface area contributed by atoms with Gasteiger partial charge >= 0.3 is 0 Å². The molecule has 0 saturated carbocycles. The van der Waals surface area contributed by atoms with E-state index in [1.54, 1.807) is 17.7 Å². The number of aromatic nitrogens is 3. The first kappa shape index (κ1) is 8.19. The standard InChI is InChI=1S/C8H6ClN3O/c1-12-7(4-13)11-6-2-5(9)3-10-8(6)12/h2-4H,1H3. The Bertz CT molecular complexity index is 477. The third-order valence-electron chi connectivity index (χ3n) is 1.82. The minimum absolute atomic E-state index is 0.352. The third kappa shape index (κ3) is 1.19. The Hall–Kier alpha value is -1.42. The molecule has 0 spiro atoms. The third-order valence-corrected chi connectivity index (χ3v) is 2.02. The Morgan fingerprint density at radius 3 is 3.08 bits per heavy atom. The molecule has 0 fully saturated rings. The van der Waals surface area contributed by atoms with E-state index in [1.165, 1.54) is 6.20 Å². The van der Waals surface area contributed by atoms with E-state index in [1.807, 2.05) is 0 Å². The lowest BCUT2D eigenvalue weighted by Crippen LogP contribution is -1.95. The van der Waals surface area contributed by atoms with E-state index in [0.29, 0.717) is 28.3 Å². The average molecular weight is 196 g/mol. The van der Waals surface area contributed by atoms with Gasteiger partial charge in [-0.05, 0) is 6.07 Å². The fraction of sp³-hybridized carbons (Fsp3) is 0.125. The predicted molar refractivity (Wildman–Crippen MR) is 48.9 cm³/mol. The molecule has 66 valence electrons. The number of aldehydes is 1. The van der Waals surface area contributed by atoms with Crippen molar-refractivity contribution in [2.24, 2.45) is 7.05 Å². The Balaban J connectivity index is 2.83. The molecule has 2 rings (SSSR count). The Labute approximate surface area is 79.2 Å². The summed E-state index contributed by atoms with van der Waals surface area (Å²) in [4.78, 5) is 18.6. The van der Waals surface area contributed by atoms with Crippen LogP contribution in [0.25, 0.3) is 11.2 Å². The van der Waals surface area contributed by atoms with E-state index in [0.717, 1.165) is 0 Å². The van der Waals surface area contributed by atoms with Crippen LogP contribution in [0.5, 0.6) is 0 Å². The van der Waals surface area contributed by atoms with Gasteiger partial charge < -0.3 is 4.57 Å². The van der Waals surface area contributed by atoms with Gasteiger partial charge in [-0.2, -0.15) is 0 Å². The maximum absolute atomic E-state index is 10.5. The van der Waals surface area contributed by atoms with Crippen LogP contribution in [0.4, 0.5) is 0 Å². The number of halogens is 1. The topological polar surface area (TPSA) is 47.8 Å². The van der Waals surface area contributed by atoms with E-state index in [9.17, 15) is 4.79 Å². The summed E-state index contributed by atoms with van der Waals surface area (Å²) in [6, 6.07) is 1.68. The molecule has 0 radical (unpaired) electrons. The van der Waals surface area contributed by atoms with Gasteiger partial charge in [0.1, 0.15) is 5.52 Å². The second-order valence-electron chi connectivity index (χ2n) is 2.64. The number of carbonyl (C=O) groups is 1. The minimum Gasteiger partial charge on any atom is -0.310 e. The highest BCUT2D eigenvalue weighted by atomic mass is 35.5. The molecule has 13 heavy (non-hydrogen) atoms. The van der Waals surface area contributed by atoms with E-state index in [4.69, 9.17) is 11.6 Å². The van der Waals surface area contributed by atoms with Gasteiger partial charge in [-0.15, -0.1) is 0 Å². The highest BCUT2D eigenvalue weighted by molar-refractivity contribution is 6.31. The summed E-state index contributed by atoms with van der Waals surface area (Å²) >= 11 is 5.72. The normalized spacial score (nSPS) is 10.6. The van der Waals surface area contributed by atoms with Crippen molar-refractivity contribution in [1.82, 2.24) is 14.5 Å². The highest BCUT2D eigenvalue weighted by Crippen LogP contribution is 2.15. The minimum atomic E-state index is 0.352. The summed E-state index contributed by atoms with van der Waals surface area (Å²) in [5.41, 5.74) is 1.30. The van der Waals surface area contributed by atoms with Gasteiger partial charge in [-0.25, -0.2) is 9.97 Å². The zero-order chi connectivity index (χ0) is 9.42. The molecule has 0 bridgehead atoms. The second kappa shape index (κ2) is 2.81. The average Bonchev–Trinajstić information content (AvgIpc) is 2.42. The fourth-order valence-electron chi connectivity index (χ4n) is 1.17. The summed E-state index contributed by atoms with van der Waals surface area (Å²) < 4.78 is 1.62. The highest BCUT2D eigenvalue weighted by Gasteiger charge is 2.07. The molecular weight excluding hydrogens is 190 g/mol. The Morgan fingerprint density at radius 2 is 2.38 bits per heavy atom. The molecule has 0 atom stereocenters. The van der Waals surface area contributed by atoms with Gasteiger partial charge in [0.05, 0.1) is 5.02 Å². The molecule has 0 N–H and O–H groups in total. The lowest BCUT2D eigenvalue weighted by Gasteiger charge is -1.93. The Morgan fingerprint density at radius 1 is 1.62 bits per heavy atom. The van der Waals surface area contributed by atoms with Crippen LogP contribution in [-0.2, 0) is 7.05 Å². The van der Waals surface area contributed by atoms with Crippen molar-refractivity contribution in [3.63, 3.8) is 0 Å². The quantitative estimate of drug-likeness (QED) is 0.647. The zero-order valence-electron chi connectivity index (χ0n) is 6.86.